The van der Waals surface area contributed by atoms with Crippen molar-refractivity contribution < 1.29 is 9.53 Å². The minimum Gasteiger partial charge on any atom is -0.460 e. The van der Waals surface area contributed by atoms with Crippen molar-refractivity contribution in [3.8, 4) is 0 Å². The molecule has 4 rings (SSSR count). The molecule has 1 aromatic heterocycles. The van der Waals surface area contributed by atoms with Crippen LogP contribution in [0.2, 0.25) is 0 Å². The molecule has 0 spiro atoms. The molecule has 0 atom stereocenters. The van der Waals surface area contributed by atoms with E-state index in [1.165, 1.54) is 0 Å². The van der Waals surface area contributed by atoms with Crippen molar-refractivity contribution in [2.45, 2.75) is 45.8 Å². The van der Waals surface area contributed by atoms with E-state index in [4.69, 9.17) is 9.72 Å². The van der Waals surface area contributed by atoms with E-state index in [1.807, 2.05) is 88.4 Å². The summed E-state index contributed by atoms with van der Waals surface area (Å²) >= 11 is 0. The van der Waals surface area contributed by atoms with E-state index in [-0.39, 0.29) is 24.0 Å². The summed E-state index contributed by atoms with van der Waals surface area (Å²) in [6.45, 7) is 7.37. The van der Waals surface area contributed by atoms with Crippen molar-refractivity contribution in [3.63, 3.8) is 0 Å². The first-order valence-corrected chi connectivity index (χ1v) is 11.1. The van der Waals surface area contributed by atoms with Crippen molar-refractivity contribution in [1.82, 2.24) is 9.55 Å². The second kappa shape index (κ2) is 9.02. The number of benzene rings is 3. The van der Waals surface area contributed by atoms with Crippen LogP contribution in [0.3, 0.4) is 0 Å². The highest BCUT2D eigenvalue weighted by Gasteiger charge is 2.22. The van der Waals surface area contributed by atoms with Crippen molar-refractivity contribution in [2.24, 2.45) is 0 Å². The second-order valence-corrected chi connectivity index (χ2v) is 9.17. The quantitative estimate of drug-likeness (QED) is 0.399. The van der Waals surface area contributed by atoms with E-state index in [0.717, 1.165) is 16.7 Å². The molecule has 0 unspecified atom stereocenters. The summed E-state index contributed by atoms with van der Waals surface area (Å²) < 4.78 is 7.18. The van der Waals surface area contributed by atoms with Crippen LogP contribution in [0.15, 0.2) is 83.7 Å². The highest BCUT2D eigenvalue weighted by Crippen LogP contribution is 2.27. The van der Waals surface area contributed by atoms with Gasteiger partial charge in [-0.2, -0.15) is 0 Å². The summed E-state index contributed by atoms with van der Waals surface area (Å²) in [6.07, 6.45) is 0.133. The summed E-state index contributed by atoms with van der Waals surface area (Å²) in [4.78, 5) is 30.7. The summed E-state index contributed by atoms with van der Waals surface area (Å²) in [5, 5.41) is 0.519. The second-order valence-electron chi connectivity index (χ2n) is 9.17. The summed E-state index contributed by atoms with van der Waals surface area (Å²) in [5.74, 6) is 0.305. The Morgan fingerprint density at radius 3 is 2.06 bits per heavy atom. The monoisotopic (exact) mass is 440 g/mol. The van der Waals surface area contributed by atoms with Crippen LogP contribution >= 0.6 is 0 Å². The molecule has 0 N–H and O–H groups in total. The van der Waals surface area contributed by atoms with E-state index in [0.29, 0.717) is 16.7 Å². The zero-order chi connectivity index (χ0) is 23.6. The number of fused-ring (bicyclic) bond motifs is 1. The van der Waals surface area contributed by atoms with Crippen LogP contribution in [0.1, 0.15) is 49.3 Å². The molecule has 168 valence electrons. The lowest BCUT2D eigenvalue weighted by Gasteiger charge is -2.23. The van der Waals surface area contributed by atoms with Crippen molar-refractivity contribution >= 4 is 16.9 Å². The highest BCUT2D eigenvalue weighted by molar-refractivity contribution is 5.81. The third-order valence-corrected chi connectivity index (χ3v) is 5.40. The highest BCUT2D eigenvalue weighted by atomic mass is 16.6. The molecular formula is C28H28N2O3. The first kappa shape index (κ1) is 22.5. The Bertz CT molecular complexity index is 1300. The Balaban J connectivity index is 1.80. The minimum atomic E-state index is -0.541. The van der Waals surface area contributed by atoms with Crippen LogP contribution < -0.4 is 5.56 Å². The number of carbonyl (C=O) groups is 1. The Labute approximate surface area is 193 Å². The number of esters is 1. The van der Waals surface area contributed by atoms with Crippen LogP contribution in [0, 0.1) is 6.92 Å². The van der Waals surface area contributed by atoms with E-state index in [2.05, 4.69) is 0 Å². The molecule has 4 aromatic rings. The van der Waals surface area contributed by atoms with Gasteiger partial charge in [0.05, 0.1) is 23.4 Å². The van der Waals surface area contributed by atoms with Crippen LogP contribution in [0.5, 0.6) is 0 Å². The van der Waals surface area contributed by atoms with Gasteiger partial charge in [-0.3, -0.25) is 14.2 Å². The Morgan fingerprint density at radius 1 is 0.939 bits per heavy atom. The van der Waals surface area contributed by atoms with E-state index in [1.54, 1.807) is 22.8 Å². The molecule has 0 saturated carbocycles. The summed E-state index contributed by atoms with van der Waals surface area (Å²) in [7, 11) is 0. The lowest BCUT2D eigenvalue weighted by molar-refractivity contribution is -0.153. The smallest absolute Gasteiger partial charge is 0.310 e. The maximum atomic E-state index is 13.7. The predicted octanol–water partition coefficient (Wildman–Crippen LogP) is 5.23. The molecule has 0 radical (unpaired) electrons. The molecule has 3 aromatic carbocycles. The molecule has 0 fully saturated rings. The average molecular weight is 441 g/mol. The lowest BCUT2D eigenvalue weighted by Crippen LogP contribution is -2.29. The fraction of sp³-hybridized carbons (Fsp3) is 0.250. The van der Waals surface area contributed by atoms with Gasteiger partial charge < -0.3 is 4.74 Å². The molecule has 1 heterocycles. The molecule has 0 aliphatic heterocycles. The van der Waals surface area contributed by atoms with Gasteiger partial charge in [-0.25, -0.2) is 4.98 Å². The van der Waals surface area contributed by atoms with E-state index < -0.39 is 5.60 Å². The lowest BCUT2D eigenvalue weighted by atomic mass is 9.98. The van der Waals surface area contributed by atoms with Crippen LogP contribution in [0.25, 0.3) is 10.9 Å². The Morgan fingerprint density at radius 2 is 1.52 bits per heavy atom. The number of hydrogen-bond donors (Lipinski definition) is 0. The van der Waals surface area contributed by atoms with Crippen molar-refractivity contribution in [1.29, 1.82) is 0 Å². The molecule has 0 amide bonds. The molecule has 0 aliphatic carbocycles. The molecule has 0 bridgehead atoms. The van der Waals surface area contributed by atoms with Gasteiger partial charge in [-0.15, -0.1) is 0 Å². The third-order valence-electron chi connectivity index (χ3n) is 5.40. The number of ether oxygens (including phenoxy) is 1. The number of nitrogens with zero attached hydrogens (tertiary/aromatic N) is 2. The number of aromatic nitrogens is 2. The van der Waals surface area contributed by atoms with Crippen LogP contribution in [0.4, 0.5) is 0 Å². The van der Waals surface area contributed by atoms with E-state index in [9.17, 15) is 9.59 Å². The van der Waals surface area contributed by atoms with Gasteiger partial charge in [-0.1, -0.05) is 66.7 Å². The Kier molecular flexibility index (Phi) is 6.14. The molecule has 5 nitrogen and oxygen atoms in total. The van der Waals surface area contributed by atoms with Gasteiger partial charge in [0.15, 0.2) is 0 Å². The Hall–Kier alpha value is -3.73. The van der Waals surface area contributed by atoms with Gasteiger partial charge in [0.1, 0.15) is 11.4 Å². The first-order chi connectivity index (χ1) is 15.7. The maximum Gasteiger partial charge on any atom is 0.310 e. The topological polar surface area (TPSA) is 61.2 Å². The summed E-state index contributed by atoms with van der Waals surface area (Å²) in [6, 6.07) is 25.0. The van der Waals surface area contributed by atoms with Gasteiger partial charge in [0.25, 0.3) is 5.56 Å². The minimum absolute atomic E-state index is 0.112. The van der Waals surface area contributed by atoms with Gasteiger partial charge in [0.2, 0.25) is 0 Å². The largest absolute Gasteiger partial charge is 0.460 e. The standard InChI is InChI=1S/C28H28N2O3/c1-19-29-24-17-20(18-25(31)33-28(2,3)4)15-16-23(24)27(32)30(19)26(21-11-7-5-8-12-21)22-13-9-6-10-14-22/h5-17,26H,18H2,1-4H3. The van der Waals surface area contributed by atoms with Crippen LogP contribution in [-0.2, 0) is 16.0 Å². The first-order valence-electron chi connectivity index (χ1n) is 11.1. The number of hydrogen-bond acceptors (Lipinski definition) is 4. The zero-order valence-corrected chi connectivity index (χ0v) is 19.4. The molecule has 5 heteroatoms. The van der Waals surface area contributed by atoms with Gasteiger partial charge in [-0.05, 0) is 56.5 Å². The van der Waals surface area contributed by atoms with E-state index >= 15 is 0 Å². The summed E-state index contributed by atoms with van der Waals surface area (Å²) in [5.41, 5.74) is 2.71. The van der Waals surface area contributed by atoms with Crippen molar-refractivity contribution in [3.05, 3.63) is 112 Å². The molecule has 0 saturated heterocycles. The number of rotatable bonds is 5. The number of carbonyl (C=O) groups excluding carboxylic acids is 1. The van der Waals surface area contributed by atoms with Crippen LogP contribution in [-0.4, -0.2) is 21.1 Å². The predicted molar refractivity (Wildman–Crippen MR) is 130 cm³/mol. The molecular weight excluding hydrogens is 412 g/mol. The van der Waals surface area contributed by atoms with Gasteiger partial charge >= 0.3 is 5.97 Å². The fourth-order valence-corrected chi connectivity index (χ4v) is 4.08. The van der Waals surface area contributed by atoms with Crippen molar-refractivity contribution in [2.75, 3.05) is 0 Å². The maximum absolute atomic E-state index is 13.7. The van der Waals surface area contributed by atoms with Gasteiger partial charge in [0, 0.05) is 0 Å². The number of aryl methyl sites for hydroxylation is 1. The fourth-order valence-electron chi connectivity index (χ4n) is 4.08. The molecule has 33 heavy (non-hydrogen) atoms. The SMILES string of the molecule is Cc1nc2cc(CC(=O)OC(C)(C)C)ccc2c(=O)n1C(c1ccccc1)c1ccccc1. The zero-order valence-electron chi connectivity index (χ0n) is 19.4. The molecule has 0 aliphatic rings. The third kappa shape index (κ3) is 5.03. The average Bonchev–Trinajstić information content (AvgIpc) is 2.76. The normalized spacial score (nSPS) is 11.7.